The Bertz CT molecular complexity index is 834. The summed E-state index contributed by atoms with van der Waals surface area (Å²) >= 11 is 0. The summed E-state index contributed by atoms with van der Waals surface area (Å²) in [5.74, 6) is -0.0860. The lowest BCUT2D eigenvalue weighted by molar-refractivity contribution is 0.0601. The van der Waals surface area contributed by atoms with Gasteiger partial charge in [-0.05, 0) is 24.3 Å². The fraction of sp³-hybridized carbons (Fsp3) is 0.0714. The van der Waals surface area contributed by atoms with Crippen LogP contribution in [0.4, 0.5) is 0 Å². The molecule has 0 bridgehead atoms. The molecule has 0 aliphatic rings. The molecule has 2 heterocycles. The largest absolute Gasteiger partial charge is 0.472 e. The van der Waals surface area contributed by atoms with E-state index in [9.17, 15) is 9.59 Å². The summed E-state index contributed by atoms with van der Waals surface area (Å²) < 4.78 is 9.61. The predicted octanol–water partition coefficient (Wildman–Crippen LogP) is 1.97. The molecule has 0 spiro atoms. The molecule has 0 amide bonds. The molecule has 6 nitrogen and oxygen atoms in total. The number of rotatable bonds is 2. The number of H-pyrrole nitrogens is 1. The third-order valence-electron chi connectivity index (χ3n) is 2.92. The topological polar surface area (TPSA) is 85.2 Å². The van der Waals surface area contributed by atoms with Gasteiger partial charge in [-0.2, -0.15) is 0 Å². The van der Waals surface area contributed by atoms with Crippen LogP contribution < -0.4 is 5.56 Å². The molecular weight excluding hydrogens is 260 g/mol. The lowest BCUT2D eigenvalue weighted by Crippen LogP contribution is -2.10. The van der Waals surface area contributed by atoms with Crippen molar-refractivity contribution in [3.63, 3.8) is 0 Å². The number of hydrogen-bond donors (Lipinski definition) is 1. The molecule has 3 rings (SSSR count). The first kappa shape index (κ1) is 12.2. The van der Waals surface area contributed by atoms with Crippen molar-refractivity contribution in [1.29, 1.82) is 0 Å². The van der Waals surface area contributed by atoms with Gasteiger partial charge in [-0.1, -0.05) is 0 Å². The van der Waals surface area contributed by atoms with Gasteiger partial charge >= 0.3 is 5.97 Å². The number of furan rings is 1. The highest BCUT2D eigenvalue weighted by atomic mass is 16.5. The zero-order chi connectivity index (χ0) is 14.1. The molecule has 3 aromatic rings. The Kier molecular flexibility index (Phi) is 2.83. The number of aromatic nitrogens is 2. The second-order valence-electron chi connectivity index (χ2n) is 4.15. The van der Waals surface area contributed by atoms with Crippen LogP contribution in [-0.2, 0) is 4.74 Å². The average molecular weight is 270 g/mol. The van der Waals surface area contributed by atoms with Gasteiger partial charge in [-0.15, -0.1) is 0 Å². The Balaban J connectivity index is 2.23. The van der Waals surface area contributed by atoms with Crippen LogP contribution in [0.15, 0.2) is 46.0 Å². The number of carbonyl (C=O) groups excluding carboxylic acids is 1. The van der Waals surface area contributed by atoms with E-state index in [0.29, 0.717) is 27.9 Å². The number of nitrogens with one attached hydrogen (secondary N) is 1. The van der Waals surface area contributed by atoms with E-state index in [-0.39, 0.29) is 5.56 Å². The minimum atomic E-state index is -0.473. The van der Waals surface area contributed by atoms with Crippen molar-refractivity contribution in [2.75, 3.05) is 7.11 Å². The van der Waals surface area contributed by atoms with Gasteiger partial charge in [0.2, 0.25) is 0 Å². The molecule has 0 aliphatic carbocycles. The van der Waals surface area contributed by atoms with Gasteiger partial charge < -0.3 is 14.1 Å². The predicted molar refractivity (Wildman–Crippen MR) is 71.4 cm³/mol. The first-order chi connectivity index (χ1) is 9.69. The lowest BCUT2D eigenvalue weighted by atomic mass is 10.1. The molecule has 100 valence electrons. The zero-order valence-corrected chi connectivity index (χ0v) is 10.5. The monoisotopic (exact) mass is 270 g/mol. The maximum Gasteiger partial charge on any atom is 0.337 e. The molecule has 2 aromatic heterocycles. The van der Waals surface area contributed by atoms with Gasteiger partial charge in [0.1, 0.15) is 12.1 Å². The first-order valence-electron chi connectivity index (χ1n) is 5.84. The number of ether oxygens (including phenoxy) is 1. The summed E-state index contributed by atoms with van der Waals surface area (Å²) in [6.45, 7) is 0. The van der Waals surface area contributed by atoms with Crippen LogP contribution in [0.3, 0.4) is 0 Å². The van der Waals surface area contributed by atoms with Crippen LogP contribution in [-0.4, -0.2) is 23.0 Å². The van der Waals surface area contributed by atoms with Gasteiger partial charge in [-0.3, -0.25) is 4.79 Å². The number of benzene rings is 1. The molecular formula is C14H10N2O4. The maximum absolute atomic E-state index is 12.0. The van der Waals surface area contributed by atoms with E-state index >= 15 is 0 Å². The van der Waals surface area contributed by atoms with E-state index in [1.165, 1.54) is 31.8 Å². The molecule has 0 unspecified atom stereocenters. The van der Waals surface area contributed by atoms with Crippen LogP contribution >= 0.6 is 0 Å². The van der Waals surface area contributed by atoms with Crippen molar-refractivity contribution in [3.05, 3.63) is 52.7 Å². The van der Waals surface area contributed by atoms with Crippen LogP contribution in [0, 0.1) is 0 Å². The number of hydrogen-bond acceptors (Lipinski definition) is 5. The number of aromatic amines is 1. The lowest BCUT2D eigenvalue weighted by Gasteiger charge is -2.03. The van der Waals surface area contributed by atoms with E-state index in [1.807, 2.05) is 0 Å². The van der Waals surface area contributed by atoms with Crippen molar-refractivity contribution in [2.45, 2.75) is 0 Å². The van der Waals surface area contributed by atoms with Crippen molar-refractivity contribution in [2.24, 2.45) is 0 Å². The summed E-state index contributed by atoms with van der Waals surface area (Å²) in [5, 5.41) is 0.407. The van der Waals surface area contributed by atoms with Gasteiger partial charge in [0, 0.05) is 0 Å². The molecule has 0 atom stereocenters. The molecule has 6 heteroatoms. The van der Waals surface area contributed by atoms with Crippen LogP contribution in [0.1, 0.15) is 10.4 Å². The average Bonchev–Trinajstić information content (AvgIpc) is 3.00. The number of methoxy groups -OCH3 is 1. The fourth-order valence-electron chi connectivity index (χ4n) is 1.92. The Morgan fingerprint density at radius 1 is 1.35 bits per heavy atom. The number of fused-ring (bicyclic) bond motifs is 1. The highest BCUT2D eigenvalue weighted by Gasteiger charge is 2.10. The van der Waals surface area contributed by atoms with Crippen molar-refractivity contribution in [3.8, 4) is 11.4 Å². The summed E-state index contributed by atoms with van der Waals surface area (Å²) in [6, 6.07) is 6.30. The van der Waals surface area contributed by atoms with E-state index in [0.717, 1.165) is 0 Å². The maximum atomic E-state index is 12.0. The SMILES string of the molecule is COC(=O)c1ccc2c(=O)[nH]c(-c3ccoc3)nc2c1. The van der Waals surface area contributed by atoms with Crippen molar-refractivity contribution in [1.82, 2.24) is 9.97 Å². The Morgan fingerprint density at radius 3 is 2.90 bits per heavy atom. The minimum Gasteiger partial charge on any atom is -0.472 e. The Morgan fingerprint density at radius 2 is 2.20 bits per heavy atom. The van der Waals surface area contributed by atoms with Gasteiger partial charge in [0.15, 0.2) is 0 Å². The molecule has 0 saturated heterocycles. The van der Waals surface area contributed by atoms with E-state index in [2.05, 4.69) is 14.7 Å². The van der Waals surface area contributed by atoms with E-state index < -0.39 is 5.97 Å². The normalized spacial score (nSPS) is 10.7. The molecule has 0 saturated carbocycles. The van der Waals surface area contributed by atoms with Crippen LogP contribution in [0.25, 0.3) is 22.3 Å². The minimum absolute atomic E-state index is 0.275. The number of esters is 1. The molecule has 0 fully saturated rings. The third kappa shape index (κ3) is 1.97. The van der Waals surface area contributed by atoms with Gasteiger partial charge in [0.05, 0.1) is 35.4 Å². The van der Waals surface area contributed by atoms with E-state index in [1.54, 1.807) is 12.1 Å². The molecule has 1 N–H and O–H groups in total. The Hall–Kier alpha value is -2.89. The summed E-state index contributed by atoms with van der Waals surface area (Å²) in [6.07, 6.45) is 2.97. The summed E-state index contributed by atoms with van der Waals surface area (Å²) in [4.78, 5) is 30.5. The third-order valence-corrected chi connectivity index (χ3v) is 2.92. The van der Waals surface area contributed by atoms with Crippen LogP contribution in [0.2, 0.25) is 0 Å². The first-order valence-corrected chi connectivity index (χ1v) is 5.84. The van der Waals surface area contributed by atoms with Crippen molar-refractivity contribution < 1.29 is 13.9 Å². The molecule has 0 aliphatic heterocycles. The van der Waals surface area contributed by atoms with Crippen molar-refractivity contribution >= 4 is 16.9 Å². The smallest absolute Gasteiger partial charge is 0.337 e. The number of nitrogens with zero attached hydrogens (tertiary/aromatic N) is 1. The summed E-state index contributed by atoms with van der Waals surface area (Å²) in [5.41, 5.74) is 1.15. The summed E-state index contributed by atoms with van der Waals surface area (Å²) in [7, 11) is 1.30. The molecule has 0 radical (unpaired) electrons. The molecule has 1 aromatic carbocycles. The van der Waals surface area contributed by atoms with E-state index in [4.69, 9.17) is 4.42 Å². The highest BCUT2D eigenvalue weighted by Crippen LogP contribution is 2.17. The quantitative estimate of drug-likeness (QED) is 0.719. The second kappa shape index (κ2) is 4.65. The number of carbonyl (C=O) groups is 1. The fourth-order valence-corrected chi connectivity index (χ4v) is 1.92. The van der Waals surface area contributed by atoms with Gasteiger partial charge in [-0.25, -0.2) is 9.78 Å². The standard InChI is InChI=1S/C14H10N2O4/c1-19-14(18)8-2-3-10-11(6-8)15-12(16-13(10)17)9-4-5-20-7-9/h2-7H,1H3,(H,15,16,17). The zero-order valence-electron chi connectivity index (χ0n) is 10.5. The van der Waals surface area contributed by atoms with Crippen LogP contribution in [0.5, 0.6) is 0 Å². The highest BCUT2D eigenvalue weighted by molar-refractivity contribution is 5.94. The molecule has 20 heavy (non-hydrogen) atoms. The van der Waals surface area contributed by atoms with Gasteiger partial charge in [0.25, 0.3) is 5.56 Å². The Labute approximate surface area is 113 Å². The second-order valence-corrected chi connectivity index (χ2v) is 4.15.